The third kappa shape index (κ3) is 13.2. The van der Waals surface area contributed by atoms with Crippen molar-refractivity contribution in [2.75, 3.05) is 0 Å². The molecule has 0 unspecified atom stereocenters. The molecule has 0 aromatic carbocycles. The Labute approximate surface area is 122 Å². The van der Waals surface area contributed by atoms with Crippen molar-refractivity contribution < 1.29 is 19.1 Å². The van der Waals surface area contributed by atoms with E-state index in [1.165, 1.54) is 45.4 Å². The molecular formula is C16H28O4. The maximum atomic E-state index is 11.3. The number of hydrogen-bond acceptors (Lipinski definition) is 4. The van der Waals surface area contributed by atoms with Gasteiger partial charge in [0.05, 0.1) is 0 Å². The van der Waals surface area contributed by atoms with Crippen LogP contribution in [0.3, 0.4) is 0 Å². The van der Waals surface area contributed by atoms with Gasteiger partial charge < -0.3 is 4.74 Å². The van der Waals surface area contributed by atoms with E-state index < -0.39 is 11.9 Å². The molecule has 4 heteroatoms. The van der Waals surface area contributed by atoms with E-state index in [4.69, 9.17) is 0 Å². The van der Waals surface area contributed by atoms with Crippen molar-refractivity contribution in [3.05, 3.63) is 0 Å². The second kappa shape index (κ2) is 12.8. The zero-order valence-electron chi connectivity index (χ0n) is 12.9. The standard InChI is InChI=1S/C16H28O4/c1-3-4-5-6-7-8-9-10-11-12-15(18)20-16(19)13-14(2)17/h3-13H2,1-2H3. The Morgan fingerprint density at radius 1 is 0.750 bits per heavy atom. The molecule has 0 radical (unpaired) electrons. The van der Waals surface area contributed by atoms with Crippen LogP contribution in [0.15, 0.2) is 0 Å². The van der Waals surface area contributed by atoms with Gasteiger partial charge in [0.1, 0.15) is 12.2 Å². The molecule has 20 heavy (non-hydrogen) atoms. The molecule has 0 rings (SSSR count). The second-order valence-corrected chi connectivity index (χ2v) is 5.30. The number of carbonyl (C=O) groups excluding carboxylic acids is 3. The van der Waals surface area contributed by atoms with Crippen LogP contribution in [0.25, 0.3) is 0 Å². The van der Waals surface area contributed by atoms with Gasteiger partial charge in [0.2, 0.25) is 0 Å². The van der Waals surface area contributed by atoms with E-state index in [0.29, 0.717) is 0 Å². The lowest BCUT2D eigenvalue weighted by Crippen LogP contribution is -2.14. The van der Waals surface area contributed by atoms with Crippen molar-refractivity contribution in [2.24, 2.45) is 0 Å². The summed E-state index contributed by atoms with van der Waals surface area (Å²) < 4.78 is 4.53. The van der Waals surface area contributed by atoms with E-state index in [1.807, 2.05) is 0 Å². The average Bonchev–Trinajstić information content (AvgIpc) is 2.35. The van der Waals surface area contributed by atoms with Crippen LogP contribution in [-0.2, 0) is 19.1 Å². The van der Waals surface area contributed by atoms with E-state index in [0.717, 1.165) is 19.3 Å². The summed E-state index contributed by atoms with van der Waals surface area (Å²) in [6.07, 6.45) is 10.5. The smallest absolute Gasteiger partial charge is 0.320 e. The molecule has 4 nitrogen and oxygen atoms in total. The fourth-order valence-corrected chi connectivity index (χ4v) is 2.00. The molecule has 0 N–H and O–H groups in total. The van der Waals surface area contributed by atoms with Gasteiger partial charge in [0.25, 0.3) is 0 Å². The average molecular weight is 284 g/mol. The third-order valence-corrected chi connectivity index (χ3v) is 3.11. The van der Waals surface area contributed by atoms with Crippen molar-refractivity contribution in [3.8, 4) is 0 Å². The molecule has 0 amide bonds. The summed E-state index contributed by atoms with van der Waals surface area (Å²) >= 11 is 0. The first kappa shape index (κ1) is 18.8. The third-order valence-electron chi connectivity index (χ3n) is 3.11. The van der Waals surface area contributed by atoms with Crippen molar-refractivity contribution in [3.63, 3.8) is 0 Å². The van der Waals surface area contributed by atoms with Crippen LogP contribution in [0.1, 0.15) is 84.5 Å². The fourth-order valence-electron chi connectivity index (χ4n) is 2.00. The normalized spacial score (nSPS) is 10.3. The zero-order chi connectivity index (χ0) is 15.2. The summed E-state index contributed by atoms with van der Waals surface area (Å²) in [7, 11) is 0. The highest BCUT2D eigenvalue weighted by Gasteiger charge is 2.11. The minimum absolute atomic E-state index is 0.263. The Balaban J connectivity index is 3.35. The van der Waals surface area contributed by atoms with Gasteiger partial charge in [-0.3, -0.25) is 14.4 Å². The monoisotopic (exact) mass is 284 g/mol. The first-order chi connectivity index (χ1) is 9.56. The van der Waals surface area contributed by atoms with Gasteiger partial charge in [0.15, 0.2) is 0 Å². The van der Waals surface area contributed by atoms with E-state index >= 15 is 0 Å². The number of ether oxygens (including phenoxy) is 1. The van der Waals surface area contributed by atoms with Gasteiger partial charge >= 0.3 is 11.9 Å². The molecule has 0 spiro atoms. The molecule has 116 valence electrons. The quantitative estimate of drug-likeness (QED) is 0.309. The molecule has 0 aliphatic heterocycles. The number of esters is 2. The molecular weight excluding hydrogens is 256 g/mol. The molecule has 0 saturated carbocycles. The van der Waals surface area contributed by atoms with Crippen molar-refractivity contribution in [1.29, 1.82) is 0 Å². The minimum Gasteiger partial charge on any atom is -0.393 e. The fraction of sp³-hybridized carbons (Fsp3) is 0.812. The van der Waals surface area contributed by atoms with Gasteiger partial charge in [0, 0.05) is 6.42 Å². The predicted molar refractivity (Wildman–Crippen MR) is 78.2 cm³/mol. The topological polar surface area (TPSA) is 60.4 Å². The summed E-state index contributed by atoms with van der Waals surface area (Å²) in [6, 6.07) is 0. The summed E-state index contributed by atoms with van der Waals surface area (Å²) in [5.74, 6) is -1.54. The molecule has 0 bridgehead atoms. The maximum Gasteiger partial charge on any atom is 0.320 e. The van der Waals surface area contributed by atoms with Crippen LogP contribution >= 0.6 is 0 Å². The summed E-state index contributed by atoms with van der Waals surface area (Å²) in [5.41, 5.74) is 0. The number of carbonyl (C=O) groups is 3. The van der Waals surface area contributed by atoms with Crippen molar-refractivity contribution in [1.82, 2.24) is 0 Å². The SMILES string of the molecule is CCCCCCCCCCCC(=O)OC(=O)CC(C)=O. The first-order valence-electron chi connectivity index (χ1n) is 7.79. The summed E-state index contributed by atoms with van der Waals surface area (Å²) in [4.78, 5) is 33.0. The molecule has 0 aliphatic carbocycles. The van der Waals surface area contributed by atoms with Crippen LogP contribution in [0, 0.1) is 0 Å². The Morgan fingerprint density at radius 3 is 1.75 bits per heavy atom. The maximum absolute atomic E-state index is 11.3. The van der Waals surface area contributed by atoms with Crippen LogP contribution in [0.2, 0.25) is 0 Å². The number of Topliss-reactive ketones (excluding diaryl/α,β-unsaturated/α-hetero) is 1. The summed E-state index contributed by atoms with van der Waals surface area (Å²) in [6.45, 7) is 3.51. The predicted octanol–water partition coefficient (Wildman–Crippen LogP) is 3.96. The number of unbranched alkanes of at least 4 members (excludes halogenated alkanes) is 8. The van der Waals surface area contributed by atoms with E-state index in [2.05, 4.69) is 11.7 Å². The number of hydrogen-bond donors (Lipinski definition) is 0. The van der Waals surface area contributed by atoms with E-state index in [1.54, 1.807) is 0 Å². The van der Waals surface area contributed by atoms with Gasteiger partial charge in [-0.15, -0.1) is 0 Å². The number of rotatable bonds is 12. The van der Waals surface area contributed by atoms with Gasteiger partial charge in [-0.1, -0.05) is 58.3 Å². The molecule has 0 atom stereocenters. The lowest BCUT2D eigenvalue weighted by atomic mass is 10.1. The Morgan fingerprint density at radius 2 is 1.25 bits per heavy atom. The Bertz CT molecular complexity index is 297. The van der Waals surface area contributed by atoms with Gasteiger partial charge in [-0.2, -0.15) is 0 Å². The first-order valence-corrected chi connectivity index (χ1v) is 7.79. The Kier molecular flexibility index (Phi) is 12.1. The minimum atomic E-state index is -0.738. The molecule has 0 fully saturated rings. The van der Waals surface area contributed by atoms with E-state index in [-0.39, 0.29) is 18.6 Å². The Hall–Kier alpha value is -1.19. The highest BCUT2D eigenvalue weighted by Crippen LogP contribution is 2.10. The van der Waals surface area contributed by atoms with Crippen LogP contribution in [0.5, 0.6) is 0 Å². The lowest BCUT2D eigenvalue weighted by molar-refractivity contribution is -0.160. The second-order valence-electron chi connectivity index (χ2n) is 5.30. The molecule has 0 heterocycles. The van der Waals surface area contributed by atoms with E-state index in [9.17, 15) is 14.4 Å². The van der Waals surface area contributed by atoms with Crippen molar-refractivity contribution >= 4 is 17.7 Å². The highest BCUT2D eigenvalue weighted by atomic mass is 16.6. The van der Waals surface area contributed by atoms with Crippen molar-refractivity contribution in [2.45, 2.75) is 84.5 Å². The molecule has 0 aromatic heterocycles. The molecule has 0 aliphatic rings. The van der Waals surface area contributed by atoms with Gasteiger partial charge in [-0.05, 0) is 13.3 Å². The number of ketones is 1. The largest absolute Gasteiger partial charge is 0.393 e. The van der Waals surface area contributed by atoms with Gasteiger partial charge in [-0.25, -0.2) is 0 Å². The molecule has 0 saturated heterocycles. The van der Waals surface area contributed by atoms with Crippen LogP contribution < -0.4 is 0 Å². The zero-order valence-corrected chi connectivity index (χ0v) is 12.9. The molecule has 0 aromatic rings. The highest BCUT2D eigenvalue weighted by molar-refractivity contribution is 5.98. The lowest BCUT2D eigenvalue weighted by Gasteiger charge is -2.03. The van der Waals surface area contributed by atoms with Crippen LogP contribution in [0.4, 0.5) is 0 Å². The van der Waals surface area contributed by atoms with Crippen LogP contribution in [-0.4, -0.2) is 17.7 Å². The summed E-state index contributed by atoms with van der Waals surface area (Å²) in [5, 5.41) is 0.